The zero-order chi connectivity index (χ0) is 10.3. The second kappa shape index (κ2) is 4.69. The monoisotopic (exact) mass is 294 g/mol. The third-order valence-corrected chi connectivity index (χ3v) is 3.04. The third kappa shape index (κ3) is 1.82. The van der Waals surface area contributed by atoms with Crippen LogP contribution in [0.15, 0.2) is 12.1 Å². The Balaban J connectivity index is 0.000000963. The summed E-state index contributed by atoms with van der Waals surface area (Å²) in [5, 5.41) is 0. The van der Waals surface area contributed by atoms with Gasteiger partial charge in [0.25, 0.3) is 0 Å². The van der Waals surface area contributed by atoms with Gasteiger partial charge in [-0.25, -0.2) is 0 Å². The van der Waals surface area contributed by atoms with Crippen LogP contribution in [0.3, 0.4) is 0 Å². The van der Waals surface area contributed by atoms with Gasteiger partial charge in [-0.05, 0) is 5.69 Å². The first-order valence-electron chi connectivity index (χ1n) is 5.18. The van der Waals surface area contributed by atoms with Gasteiger partial charge in [-0.3, -0.25) is 0 Å². The van der Waals surface area contributed by atoms with Crippen LogP contribution in [0.5, 0.6) is 0 Å². The standard InChI is InChI=1S/C11H13N2O2.Y/c1-13-6-4-11(14-7-8-15-11)10-9(13)3-2-5-12-10;/h2-3H,4,6-8H2,1H3;/q-1;. The first kappa shape index (κ1) is 12.4. The van der Waals surface area contributed by atoms with Gasteiger partial charge in [0.1, 0.15) is 0 Å². The molecule has 0 N–H and O–H groups in total. The van der Waals surface area contributed by atoms with Gasteiger partial charge < -0.3 is 19.4 Å². The molecule has 16 heavy (non-hydrogen) atoms. The molecule has 0 saturated carbocycles. The summed E-state index contributed by atoms with van der Waals surface area (Å²) in [5.74, 6) is -0.598. The number of anilines is 1. The number of aromatic nitrogens is 1. The molecule has 0 unspecified atom stereocenters. The second-order valence-corrected chi connectivity index (χ2v) is 3.93. The molecule has 1 saturated heterocycles. The fourth-order valence-corrected chi connectivity index (χ4v) is 2.23. The molecule has 3 heterocycles. The van der Waals surface area contributed by atoms with Gasteiger partial charge in [0.05, 0.1) is 13.2 Å². The van der Waals surface area contributed by atoms with Crippen molar-refractivity contribution < 1.29 is 42.2 Å². The number of hydrogen-bond donors (Lipinski definition) is 0. The quantitative estimate of drug-likeness (QED) is 0.666. The van der Waals surface area contributed by atoms with E-state index in [0.29, 0.717) is 13.2 Å². The van der Waals surface area contributed by atoms with Crippen LogP contribution in [0, 0.1) is 6.20 Å². The van der Waals surface area contributed by atoms with E-state index >= 15 is 0 Å². The topological polar surface area (TPSA) is 34.6 Å². The van der Waals surface area contributed by atoms with Crippen LogP contribution in [-0.2, 0) is 48.0 Å². The van der Waals surface area contributed by atoms with Crippen molar-refractivity contribution >= 4 is 5.69 Å². The average molecular weight is 294 g/mol. The van der Waals surface area contributed by atoms with E-state index in [1.54, 1.807) is 0 Å². The van der Waals surface area contributed by atoms with E-state index in [1.807, 2.05) is 12.1 Å². The molecular formula is C11H13N2O2Y-. The maximum atomic E-state index is 5.72. The van der Waals surface area contributed by atoms with Crippen molar-refractivity contribution in [3.8, 4) is 0 Å². The molecular weight excluding hydrogens is 281 g/mol. The molecule has 2 aliphatic heterocycles. The number of hydrogen-bond acceptors (Lipinski definition) is 4. The second-order valence-electron chi connectivity index (χ2n) is 3.93. The fourth-order valence-electron chi connectivity index (χ4n) is 2.23. The Labute approximate surface area is 120 Å². The van der Waals surface area contributed by atoms with Crippen molar-refractivity contribution in [2.45, 2.75) is 12.2 Å². The molecule has 3 rings (SSSR count). The molecule has 1 fully saturated rings. The van der Waals surface area contributed by atoms with Crippen molar-refractivity contribution in [2.24, 2.45) is 0 Å². The minimum atomic E-state index is -0.598. The molecule has 1 radical (unpaired) electrons. The maximum Gasteiger partial charge on any atom is 0.168 e. The SMILES string of the molecule is CN1CCC2(OCCO2)c2n[c-]ccc21.[Y]. The number of rotatable bonds is 0. The zero-order valence-corrected chi connectivity index (χ0v) is 12.1. The van der Waals surface area contributed by atoms with Gasteiger partial charge in [0.2, 0.25) is 0 Å². The predicted octanol–water partition coefficient (Wildman–Crippen LogP) is 0.919. The Hall–Kier alpha value is -0.0261. The average Bonchev–Trinajstić information content (AvgIpc) is 2.74. The Bertz CT molecular complexity index is 380. The zero-order valence-electron chi connectivity index (χ0n) is 9.27. The van der Waals surface area contributed by atoms with Crippen LogP contribution >= 0.6 is 0 Å². The molecule has 1 aromatic rings. The van der Waals surface area contributed by atoms with E-state index in [2.05, 4.69) is 23.1 Å². The fraction of sp³-hybridized carbons (Fsp3) is 0.545. The predicted molar refractivity (Wildman–Crippen MR) is 54.5 cm³/mol. The summed E-state index contributed by atoms with van der Waals surface area (Å²) in [7, 11) is 2.06. The Morgan fingerprint density at radius 1 is 1.44 bits per heavy atom. The normalized spacial score (nSPS) is 21.7. The van der Waals surface area contributed by atoms with E-state index < -0.39 is 5.79 Å². The summed E-state index contributed by atoms with van der Waals surface area (Å²) < 4.78 is 11.4. The van der Waals surface area contributed by atoms with E-state index in [1.165, 1.54) is 0 Å². The molecule has 4 nitrogen and oxygen atoms in total. The third-order valence-electron chi connectivity index (χ3n) is 3.04. The summed E-state index contributed by atoms with van der Waals surface area (Å²) in [5.41, 5.74) is 1.96. The van der Waals surface area contributed by atoms with E-state index in [-0.39, 0.29) is 32.7 Å². The first-order valence-corrected chi connectivity index (χ1v) is 5.18. The van der Waals surface area contributed by atoms with Crippen LogP contribution in [0.1, 0.15) is 12.1 Å². The number of nitrogens with zero attached hydrogens (tertiary/aromatic N) is 2. The van der Waals surface area contributed by atoms with E-state index in [9.17, 15) is 0 Å². The molecule has 83 valence electrons. The Morgan fingerprint density at radius 3 is 2.94 bits per heavy atom. The number of pyridine rings is 1. The van der Waals surface area contributed by atoms with Gasteiger partial charge in [0.15, 0.2) is 5.79 Å². The van der Waals surface area contributed by atoms with Crippen molar-refractivity contribution in [2.75, 3.05) is 31.7 Å². The number of ether oxygens (including phenoxy) is 2. The molecule has 0 atom stereocenters. The van der Waals surface area contributed by atoms with Gasteiger partial charge >= 0.3 is 0 Å². The van der Waals surface area contributed by atoms with Crippen molar-refractivity contribution in [1.82, 2.24) is 4.98 Å². The molecule has 5 heteroatoms. The maximum absolute atomic E-state index is 5.72. The van der Waals surface area contributed by atoms with Gasteiger partial charge in [-0.15, -0.1) is 6.07 Å². The minimum Gasteiger partial charge on any atom is -0.394 e. The smallest absolute Gasteiger partial charge is 0.168 e. The number of fused-ring (bicyclic) bond motifs is 2. The van der Waals surface area contributed by atoms with Gasteiger partial charge in [-0.2, -0.15) is 6.07 Å². The molecule has 0 bridgehead atoms. The van der Waals surface area contributed by atoms with Crippen molar-refractivity contribution in [1.29, 1.82) is 0 Å². The van der Waals surface area contributed by atoms with Crippen molar-refractivity contribution in [3.63, 3.8) is 0 Å². The van der Waals surface area contributed by atoms with E-state index in [4.69, 9.17) is 9.47 Å². The largest absolute Gasteiger partial charge is 0.394 e. The summed E-state index contributed by atoms with van der Waals surface area (Å²) in [6, 6.07) is 3.83. The van der Waals surface area contributed by atoms with Crippen LogP contribution in [0.25, 0.3) is 0 Å². The van der Waals surface area contributed by atoms with Gasteiger partial charge in [0, 0.05) is 58.4 Å². The summed E-state index contributed by atoms with van der Waals surface area (Å²) in [4.78, 5) is 6.46. The van der Waals surface area contributed by atoms with Gasteiger partial charge in [-0.1, -0.05) is 6.20 Å². The summed E-state index contributed by atoms with van der Waals surface area (Å²) in [6.07, 6.45) is 3.69. The molecule has 1 aromatic heterocycles. The van der Waals surface area contributed by atoms with Crippen LogP contribution < -0.4 is 4.90 Å². The summed E-state index contributed by atoms with van der Waals surface area (Å²) in [6.45, 7) is 2.23. The molecule has 0 amide bonds. The molecule has 0 aromatic carbocycles. The summed E-state index contributed by atoms with van der Waals surface area (Å²) >= 11 is 0. The Morgan fingerprint density at radius 2 is 2.19 bits per heavy atom. The first-order chi connectivity index (χ1) is 7.32. The van der Waals surface area contributed by atoms with Crippen LogP contribution in [0.2, 0.25) is 0 Å². The van der Waals surface area contributed by atoms with Crippen LogP contribution in [-0.4, -0.2) is 31.8 Å². The minimum absolute atomic E-state index is 0. The van der Waals surface area contributed by atoms with Crippen molar-refractivity contribution in [3.05, 3.63) is 24.0 Å². The Kier molecular flexibility index (Phi) is 3.64. The molecule has 0 aliphatic carbocycles. The van der Waals surface area contributed by atoms with E-state index in [0.717, 1.165) is 24.3 Å². The van der Waals surface area contributed by atoms with Crippen LogP contribution in [0.4, 0.5) is 5.69 Å². The molecule has 2 aliphatic rings. The molecule has 1 spiro atoms.